The number of carboxylic acids is 1. The highest BCUT2D eigenvalue weighted by Crippen LogP contribution is 2.22. The quantitative estimate of drug-likeness (QED) is 0.0381. The fourth-order valence-corrected chi connectivity index (χ4v) is 5.23. The number of allylic oxidation sites excluding steroid dienone is 2. The molecule has 0 aromatic heterocycles. The third-order valence-corrected chi connectivity index (χ3v) is 7.94. The second-order valence-electron chi connectivity index (χ2n) is 12.3. The van der Waals surface area contributed by atoms with Gasteiger partial charge in [0, 0.05) is 0 Å². The van der Waals surface area contributed by atoms with E-state index in [1.807, 2.05) is 13.0 Å². The molecule has 7 atom stereocenters. The normalized spacial score (nSPS) is 17.1. The Hall–Kier alpha value is -1.81. The standard InChI is InChI=1S/C33H60O9/c1-6-7-8-9-10-11-12-13-14-18-27(34)19-16-15-17-23(2)20-24(3)21-25(4)29(36)26(5)33(41)42-22-28(35)30(37)31(38)32(39)40/h21,23-24,26-28,30-31,34-35,37-38H,6-20,22H2,1-5H3,(H,39,40)/b25-21+/t23-,24+,26+,27+,28-,30+,31-/m0/s1. The first-order chi connectivity index (χ1) is 19.8. The number of aliphatic carboxylic acids is 1. The number of hydrogen-bond donors (Lipinski definition) is 5. The number of rotatable bonds is 26. The van der Waals surface area contributed by atoms with Gasteiger partial charge >= 0.3 is 11.9 Å². The van der Waals surface area contributed by atoms with Crippen molar-refractivity contribution in [3.8, 4) is 0 Å². The molecule has 9 nitrogen and oxygen atoms in total. The maximum atomic E-state index is 12.7. The molecule has 0 bridgehead atoms. The van der Waals surface area contributed by atoms with E-state index in [1.54, 1.807) is 6.92 Å². The molecule has 0 spiro atoms. The third kappa shape index (κ3) is 18.7. The van der Waals surface area contributed by atoms with Crippen molar-refractivity contribution in [3.05, 3.63) is 11.6 Å². The Morgan fingerprint density at radius 3 is 1.81 bits per heavy atom. The lowest BCUT2D eigenvalue weighted by molar-refractivity contribution is -0.164. The molecule has 246 valence electrons. The summed E-state index contributed by atoms with van der Waals surface area (Å²) in [6, 6.07) is 0. The largest absolute Gasteiger partial charge is 0.479 e. The van der Waals surface area contributed by atoms with Crippen molar-refractivity contribution in [1.29, 1.82) is 0 Å². The molecule has 0 aromatic rings. The van der Waals surface area contributed by atoms with Gasteiger partial charge in [0.2, 0.25) is 0 Å². The molecule has 0 radical (unpaired) electrons. The van der Waals surface area contributed by atoms with E-state index in [4.69, 9.17) is 9.84 Å². The first kappa shape index (κ1) is 40.2. The molecular formula is C33H60O9. The van der Waals surface area contributed by atoms with E-state index >= 15 is 0 Å². The molecule has 0 fully saturated rings. The van der Waals surface area contributed by atoms with Crippen molar-refractivity contribution in [2.45, 2.75) is 155 Å². The van der Waals surface area contributed by atoms with Crippen LogP contribution in [0, 0.1) is 17.8 Å². The lowest BCUT2D eigenvalue weighted by atomic mass is 9.89. The van der Waals surface area contributed by atoms with Gasteiger partial charge in [-0.05, 0) is 50.5 Å². The number of hydrogen-bond acceptors (Lipinski definition) is 8. The molecule has 0 amide bonds. The highest BCUT2D eigenvalue weighted by Gasteiger charge is 2.32. The Balaban J connectivity index is 4.23. The number of carbonyl (C=O) groups is 3. The summed E-state index contributed by atoms with van der Waals surface area (Å²) in [5.74, 6) is -3.62. The van der Waals surface area contributed by atoms with E-state index in [1.165, 1.54) is 58.3 Å². The summed E-state index contributed by atoms with van der Waals surface area (Å²) < 4.78 is 4.86. The zero-order valence-corrected chi connectivity index (χ0v) is 26.8. The number of aliphatic hydroxyl groups excluding tert-OH is 4. The van der Waals surface area contributed by atoms with Crippen LogP contribution in [0.2, 0.25) is 0 Å². The minimum Gasteiger partial charge on any atom is -0.479 e. The first-order valence-electron chi connectivity index (χ1n) is 16.2. The predicted octanol–water partition coefficient (Wildman–Crippen LogP) is 5.35. The summed E-state index contributed by atoms with van der Waals surface area (Å²) in [4.78, 5) is 35.7. The minimum absolute atomic E-state index is 0.124. The molecule has 9 heteroatoms. The van der Waals surface area contributed by atoms with Crippen LogP contribution in [0.15, 0.2) is 11.6 Å². The smallest absolute Gasteiger partial charge is 0.335 e. The van der Waals surface area contributed by atoms with Crippen LogP contribution in [0.4, 0.5) is 0 Å². The maximum Gasteiger partial charge on any atom is 0.335 e. The van der Waals surface area contributed by atoms with Crippen molar-refractivity contribution < 1.29 is 44.7 Å². The number of carbonyl (C=O) groups excluding carboxylic acids is 2. The summed E-state index contributed by atoms with van der Waals surface area (Å²) in [6.07, 6.45) is 12.9. The predicted molar refractivity (Wildman–Crippen MR) is 164 cm³/mol. The molecule has 5 N–H and O–H groups in total. The zero-order valence-electron chi connectivity index (χ0n) is 26.8. The molecule has 0 heterocycles. The molecular weight excluding hydrogens is 540 g/mol. The van der Waals surface area contributed by atoms with Crippen LogP contribution in [0.3, 0.4) is 0 Å². The van der Waals surface area contributed by atoms with Crippen LogP contribution in [-0.4, -0.2) is 74.3 Å². The van der Waals surface area contributed by atoms with Gasteiger partial charge in [0.15, 0.2) is 11.9 Å². The number of carboxylic acid groups (broad SMARTS) is 1. The number of ketones is 1. The van der Waals surface area contributed by atoms with E-state index in [9.17, 15) is 34.8 Å². The number of ether oxygens (including phenoxy) is 1. The molecule has 0 saturated heterocycles. The van der Waals surface area contributed by atoms with Gasteiger partial charge in [-0.15, -0.1) is 0 Å². The van der Waals surface area contributed by atoms with E-state index in [0.29, 0.717) is 11.5 Å². The lowest BCUT2D eigenvalue weighted by Crippen LogP contribution is -2.44. The van der Waals surface area contributed by atoms with Crippen LogP contribution in [0.25, 0.3) is 0 Å². The van der Waals surface area contributed by atoms with Crippen LogP contribution in [0.5, 0.6) is 0 Å². The van der Waals surface area contributed by atoms with Gasteiger partial charge in [-0.25, -0.2) is 4.79 Å². The second kappa shape index (κ2) is 23.6. The highest BCUT2D eigenvalue weighted by atomic mass is 16.5. The van der Waals surface area contributed by atoms with Gasteiger partial charge in [0.25, 0.3) is 0 Å². The molecule has 0 saturated carbocycles. The summed E-state index contributed by atoms with van der Waals surface area (Å²) in [5.41, 5.74) is 0.431. The zero-order chi connectivity index (χ0) is 32.1. The first-order valence-corrected chi connectivity index (χ1v) is 16.2. The molecule has 0 rings (SSSR count). The van der Waals surface area contributed by atoms with Crippen molar-refractivity contribution >= 4 is 17.7 Å². The van der Waals surface area contributed by atoms with Crippen molar-refractivity contribution in [1.82, 2.24) is 0 Å². The monoisotopic (exact) mass is 600 g/mol. The molecule has 0 aliphatic carbocycles. The number of Topliss-reactive ketones (excluding diaryl/α,β-unsaturated/α-hetero) is 1. The average Bonchev–Trinajstić information content (AvgIpc) is 2.95. The van der Waals surface area contributed by atoms with Gasteiger partial charge in [0.05, 0.1) is 6.10 Å². The summed E-state index contributed by atoms with van der Waals surface area (Å²) in [5, 5.41) is 47.6. The molecule has 0 aliphatic rings. The average molecular weight is 601 g/mol. The van der Waals surface area contributed by atoms with Gasteiger partial charge in [-0.3, -0.25) is 9.59 Å². The highest BCUT2D eigenvalue weighted by molar-refractivity contribution is 6.07. The topological polar surface area (TPSA) is 162 Å². The van der Waals surface area contributed by atoms with Crippen molar-refractivity contribution in [2.24, 2.45) is 17.8 Å². The summed E-state index contributed by atoms with van der Waals surface area (Å²) in [7, 11) is 0. The van der Waals surface area contributed by atoms with E-state index in [0.717, 1.165) is 44.9 Å². The molecule has 0 aromatic carbocycles. The van der Waals surface area contributed by atoms with Gasteiger partial charge in [-0.2, -0.15) is 0 Å². The molecule has 0 unspecified atom stereocenters. The van der Waals surface area contributed by atoms with Crippen molar-refractivity contribution in [2.75, 3.05) is 6.61 Å². The Labute approximate surface area is 253 Å². The van der Waals surface area contributed by atoms with E-state index in [-0.39, 0.29) is 12.0 Å². The van der Waals surface area contributed by atoms with Gasteiger partial charge in [-0.1, -0.05) is 104 Å². The number of unbranched alkanes of at least 4 members (excludes halogenated alkanes) is 9. The molecule has 0 aliphatic heterocycles. The second-order valence-corrected chi connectivity index (χ2v) is 12.3. The Bertz CT molecular complexity index is 781. The van der Waals surface area contributed by atoms with Gasteiger partial charge in [0.1, 0.15) is 24.7 Å². The van der Waals surface area contributed by atoms with Crippen LogP contribution < -0.4 is 0 Å². The van der Waals surface area contributed by atoms with E-state index < -0.39 is 48.6 Å². The molecule has 42 heavy (non-hydrogen) atoms. The van der Waals surface area contributed by atoms with Crippen LogP contribution in [-0.2, 0) is 19.1 Å². The fourth-order valence-electron chi connectivity index (χ4n) is 5.23. The maximum absolute atomic E-state index is 12.7. The summed E-state index contributed by atoms with van der Waals surface area (Å²) >= 11 is 0. The van der Waals surface area contributed by atoms with Crippen LogP contribution in [0.1, 0.15) is 131 Å². The Morgan fingerprint density at radius 2 is 1.26 bits per heavy atom. The van der Waals surface area contributed by atoms with Crippen LogP contribution >= 0.6 is 0 Å². The Morgan fingerprint density at radius 1 is 0.762 bits per heavy atom. The minimum atomic E-state index is -2.23. The summed E-state index contributed by atoms with van der Waals surface area (Å²) in [6.45, 7) is 8.72. The van der Waals surface area contributed by atoms with Crippen molar-refractivity contribution in [3.63, 3.8) is 0 Å². The van der Waals surface area contributed by atoms with Gasteiger partial charge < -0.3 is 30.3 Å². The SMILES string of the molecule is CCCCCCCCCCC[C@@H](O)CCCC[C@H](C)C[C@@H](C)/C=C(\C)C(=O)[C@@H](C)C(=O)OC[C@H](O)[C@@H](O)[C@H](O)C(=O)O. The number of aliphatic hydroxyl groups is 4. The lowest BCUT2D eigenvalue weighted by Gasteiger charge is -2.21. The third-order valence-electron chi connectivity index (χ3n) is 7.94. The Kier molecular flexibility index (Phi) is 22.6. The van der Waals surface area contributed by atoms with E-state index in [2.05, 4.69) is 13.8 Å². The number of esters is 1. The fraction of sp³-hybridized carbons (Fsp3) is 0.848.